The Kier molecular flexibility index (Phi) is 5.90. The van der Waals surface area contributed by atoms with Crippen LogP contribution in [0.25, 0.3) is 16.2 Å². The average Bonchev–Trinajstić information content (AvgIpc) is 3.36. The fourth-order valence-electron chi connectivity index (χ4n) is 3.09. The van der Waals surface area contributed by atoms with E-state index in [1.54, 1.807) is 35.6 Å². The lowest BCUT2D eigenvalue weighted by Crippen LogP contribution is -2.13. The Morgan fingerprint density at radius 3 is 2.53 bits per heavy atom. The Bertz CT molecular complexity index is 1130. The summed E-state index contributed by atoms with van der Waals surface area (Å²) in [6.45, 7) is 2.49. The minimum atomic E-state index is -0.190. The number of anilines is 1. The Labute approximate surface area is 178 Å². The number of aromatic nitrogens is 2. The molecular weight excluding hydrogens is 398 g/mol. The molecule has 4 rings (SSSR count). The topological polar surface area (TPSA) is 72.7 Å². The van der Waals surface area contributed by atoms with E-state index >= 15 is 0 Å². The van der Waals surface area contributed by atoms with Crippen LogP contribution in [0.3, 0.4) is 0 Å². The van der Waals surface area contributed by atoms with Crippen molar-refractivity contribution in [1.82, 2.24) is 9.38 Å². The number of nitrogens with one attached hydrogen (secondary N) is 1. The van der Waals surface area contributed by atoms with Crippen molar-refractivity contribution >= 4 is 33.7 Å². The number of rotatable bonds is 8. The largest absolute Gasteiger partial charge is 0.494 e. The average molecular weight is 420 g/mol. The van der Waals surface area contributed by atoms with Gasteiger partial charge in [-0.15, -0.1) is 11.3 Å². The second-order valence-corrected chi connectivity index (χ2v) is 7.60. The Morgan fingerprint density at radius 2 is 1.83 bits per heavy atom. The molecule has 2 aromatic carbocycles. The molecule has 2 aromatic heterocycles. The smallest absolute Gasteiger partial charge is 0.224 e. The third-order valence-electron chi connectivity index (χ3n) is 4.62. The second-order valence-electron chi connectivity index (χ2n) is 6.73. The number of ketones is 1. The van der Waals surface area contributed by atoms with Gasteiger partial charge < -0.3 is 10.1 Å². The molecule has 0 unspecified atom stereocenters. The Balaban J connectivity index is 1.30. The molecule has 2 heterocycles. The van der Waals surface area contributed by atoms with E-state index in [-0.39, 0.29) is 24.5 Å². The summed E-state index contributed by atoms with van der Waals surface area (Å²) >= 11 is 1.58. The van der Waals surface area contributed by atoms with Gasteiger partial charge in [0.25, 0.3) is 0 Å². The number of amides is 1. The van der Waals surface area contributed by atoms with Crippen LogP contribution in [0.4, 0.5) is 5.69 Å². The van der Waals surface area contributed by atoms with Gasteiger partial charge >= 0.3 is 0 Å². The van der Waals surface area contributed by atoms with E-state index in [9.17, 15) is 9.59 Å². The molecule has 0 saturated heterocycles. The fourth-order valence-corrected chi connectivity index (χ4v) is 3.79. The first kappa shape index (κ1) is 19.8. The Hall–Kier alpha value is -3.45. The number of fused-ring (bicyclic) bond motifs is 1. The van der Waals surface area contributed by atoms with Crippen molar-refractivity contribution < 1.29 is 14.3 Å². The van der Waals surface area contributed by atoms with Crippen molar-refractivity contribution in [3.05, 3.63) is 71.9 Å². The van der Waals surface area contributed by atoms with Gasteiger partial charge in [0.2, 0.25) is 5.91 Å². The lowest BCUT2D eigenvalue weighted by atomic mass is 10.1. The zero-order valence-corrected chi connectivity index (χ0v) is 17.3. The highest BCUT2D eigenvalue weighted by atomic mass is 32.1. The highest BCUT2D eigenvalue weighted by molar-refractivity contribution is 7.15. The minimum absolute atomic E-state index is 0.0664. The quantitative estimate of drug-likeness (QED) is 0.405. The van der Waals surface area contributed by atoms with Crippen LogP contribution in [0.5, 0.6) is 5.75 Å². The molecule has 0 aliphatic rings. The van der Waals surface area contributed by atoms with Crippen LogP contribution in [-0.4, -0.2) is 27.7 Å². The van der Waals surface area contributed by atoms with Crippen LogP contribution in [-0.2, 0) is 4.79 Å². The maximum absolute atomic E-state index is 12.3. The second kappa shape index (κ2) is 8.92. The van der Waals surface area contributed by atoms with Crippen molar-refractivity contribution in [2.24, 2.45) is 0 Å². The summed E-state index contributed by atoms with van der Waals surface area (Å²) in [6.07, 6.45) is 4.24. The molecule has 0 atom stereocenters. The van der Waals surface area contributed by atoms with Gasteiger partial charge in [0.15, 0.2) is 10.7 Å². The highest BCUT2D eigenvalue weighted by Crippen LogP contribution is 2.23. The molecule has 152 valence electrons. The first-order valence-electron chi connectivity index (χ1n) is 9.71. The van der Waals surface area contributed by atoms with E-state index in [4.69, 9.17) is 4.74 Å². The number of thiazole rings is 1. The molecule has 0 fully saturated rings. The van der Waals surface area contributed by atoms with Crippen LogP contribution in [0.2, 0.25) is 0 Å². The summed E-state index contributed by atoms with van der Waals surface area (Å²) < 4.78 is 7.36. The van der Waals surface area contributed by atoms with Crippen LogP contribution >= 0.6 is 11.3 Å². The van der Waals surface area contributed by atoms with Crippen molar-refractivity contribution in [3.63, 3.8) is 0 Å². The van der Waals surface area contributed by atoms with Crippen LogP contribution in [0.15, 0.2) is 66.3 Å². The van der Waals surface area contributed by atoms with Crippen molar-refractivity contribution in [3.8, 4) is 17.0 Å². The Morgan fingerprint density at radius 1 is 1.07 bits per heavy atom. The zero-order chi connectivity index (χ0) is 20.9. The van der Waals surface area contributed by atoms with Gasteiger partial charge in [0.05, 0.1) is 12.3 Å². The summed E-state index contributed by atoms with van der Waals surface area (Å²) in [4.78, 5) is 30.0. The molecule has 1 amide bonds. The molecule has 0 aliphatic carbocycles. The van der Waals surface area contributed by atoms with Crippen molar-refractivity contribution in [1.29, 1.82) is 0 Å². The molecule has 0 spiro atoms. The number of carbonyl (C=O) groups excluding carboxylic acids is 2. The molecule has 0 radical (unpaired) electrons. The highest BCUT2D eigenvalue weighted by Gasteiger charge is 2.11. The number of ether oxygens (including phenoxy) is 1. The van der Waals surface area contributed by atoms with E-state index in [2.05, 4.69) is 10.3 Å². The number of benzene rings is 2. The summed E-state index contributed by atoms with van der Waals surface area (Å²) in [6, 6.07) is 14.5. The van der Waals surface area contributed by atoms with Gasteiger partial charge in [-0.25, -0.2) is 4.98 Å². The normalized spacial score (nSPS) is 10.8. The van der Waals surface area contributed by atoms with Crippen LogP contribution < -0.4 is 10.1 Å². The standard InChI is InChI=1S/C23H21N3O3S/c1-2-29-19-9-5-17(6-10-19)21(27)11-12-22(28)24-18-7-3-16(4-8-18)20-15-26-13-14-30-23(26)25-20/h3-10,13-15H,2,11-12H2,1H3,(H,24,28). The predicted octanol–water partition coefficient (Wildman–Crippen LogP) is 5.06. The summed E-state index contributed by atoms with van der Waals surface area (Å²) in [5, 5.41) is 4.83. The number of Topliss-reactive ketones (excluding diaryl/α,β-unsaturated/α-hetero) is 1. The lowest BCUT2D eigenvalue weighted by molar-refractivity contribution is -0.116. The van der Waals surface area contributed by atoms with Crippen LogP contribution in [0, 0.1) is 0 Å². The van der Waals surface area contributed by atoms with E-state index in [0.29, 0.717) is 17.9 Å². The molecule has 0 saturated carbocycles. The van der Waals surface area contributed by atoms with E-state index < -0.39 is 0 Å². The van der Waals surface area contributed by atoms with Gasteiger partial charge in [-0.05, 0) is 43.3 Å². The van der Waals surface area contributed by atoms with Gasteiger partial charge in [-0.3, -0.25) is 14.0 Å². The monoisotopic (exact) mass is 419 g/mol. The molecule has 0 bridgehead atoms. The summed E-state index contributed by atoms with van der Waals surface area (Å²) in [5.41, 5.74) is 3.14. The lowest BCUT2D eigenvalue weighted by Gasteiger charge is -2.07. The number of nitrogens with zero attached hydrogens (tertiary/aromatic N) is 2. The zero-order valence-electron chi connectivity index (χ0n) is 16.5. The number of hydrogen-bond donors (Lipinski definition) is 1. The minimum Gasteiger partial charge on any atom is -0.494 e. The summed E-state index contributed by atoms with van der Waals surface area (Å²) in [7, 11) is 0. The van der Waals surface area contributed by atoms with E-state index in [1.807, 2.05) is 53.4 Å². The predicted molar refractivity (Wildman–Crippen MR) is 118 cm³/mol. The molecule has 4 aromatic rings. The fraction of sp³-hybridized carbons (Fsp3) is 0.174. The molecule has 0 aliphatic heterocycles. The number of hydrogen-bond acceptors (Lipinski definition) is 5. The maximum Gasteiger partial charge on any atom is 0.224 e. The van der Waals surface area contributed by atoms with Gasteiger partial charge in [0.1, 0.15) is 5.75 Å². The SMILES string of the molecule is CCOc1ccc(C(=O)CCC(=O)Nc2ccc(-c3cn4ccsc4n3)cc2)cc1. The molecule has 6 nitrogen and oxygen atoms in total. The van der Waals surface area contributed by atoms with Crippen molar-refractivity contribution in [2.45, 2.75) is 19.8 Å². The van der Waals surface area contributed by atoms with E-state index in [1.165, 1.54) is 0 Å². The number of imidazole rings is 1. The molecule has 7 heteroatoms. The molecular formula is C23H21N3O3S. The van der Waals surface area contributed by atoms with Gasteiger partial charge in [0, 0.05) is 47.4 Å². The maximum atomic E-state index is 12.3. The summed E-state index contributed by atoms with van der Waals surface area (Å²) in [5.74, 6) is 0.471. The first-order valence-corrected chi connectivity index (χ1v) is 10.6. The third kappa shape index (κ3) is 4.58. The van der Waals surface area contributed by atoms with Gasteiger partial charge in [-0.1, -0.05) is 12.1 Å². The van der Waals surface area contributed by atoms with E-state index in [0.717, 1.165) is 22.0 Å². The van der Waals surface area contributed by atoms with Gasteiger partial charge in [-0.2, -0.15) is 0 Å². The number of carbonyl (C=O) groups is 2. The van der Waals surface area contributed by atoms with Crippen molar-refractivity contribution in [2.75, 3.05) is 11.9 Å². The molecule has 1 N–H and O–H groups in total. The first-order chi connectivity index (χ1) is 14.6. The third-order valence-corrected chi connectivity index (χ3v) is 5.39. The van der Waals surface area contributed by atoms with Crippen LogP contribution in [0.1, 0.15) is 30.1 Å². The molecule has 30 heavy (non-hydrogen) atoms.